The van der Waals surface area contributed by atoms with Crippen molar-refractivity contribution in [2.24, 2.45) is 11.8 Å². The number of rotatable bonds is 3. The Morgan fingerprint density at radius 3 is 2.65 bits per heavy atom. The Morgan fingerprint density at radius 1 is 1.25 bits per heavy atom. The molecule has 0 spiro atoms. The molecule has 1 aromatic carbocycles. The minimum Gasteiger partial charge on any atom is -0.399 e. The summed E-state index contributed by atoms with van der Waals surface area (Å²) in [6.07, 6.45) is 3.16. The second-order valence-corrected chi connectivity index (χ2v) is 7.70. The van der Waals surface area contributed by atoms with E-state index in [0.717, 1.165) is 18.4 Å². The van der Waals surface area contributed by atoms with Crippen LogP contribution >= 0.6 is 0 Å². The summed E-state index contributed by atoms with van der Waals surface area (Å²) < 4.78 is 28.0. The lowest BCUT2D eigenvalue weighted by molar-refractivity contribution is 0.227. The van der Waals surface area contributed by atoms with Crippen molar-refractivity contribution in [3.05, 3.63) is 23.8 Å². The third-order valence-corrected chi connectivity index (χ3v) is 6.15. The summed E-state index contributed by atoms with van der Waals surface area (Å²) in [7, 11) is -3.50. The highest BCUT2D eigenvalue weighted by Gasteiger charge is 2.31. The van der Waals surface area contributed by atoms with E-state index in [-0.39, 0.29) is 6.04 Å². The molecule has 0 amide bonds. The van der Waals surface area contributed by atoms with Crippen LogP contribution in [0, 0.1) is 18.8 Å². The molecule has 2 rings (SSSR count). The number of hydrogen-bond acceptors (Lipinski definition) is 3. The van der Waals surface area contributed by atoms with E-state index in [1.54, 1.807) is 19.1 Å². The van der Waals surface area contributed by atoms with E-state index in [9.17, 15) is 8.42 Å². The third kappa shape index (κ3) is 3.15. The molecule has 4 nitrogen and oxygen atoms in total. The number of hydrogen-bond donors (Lipinski definition) is 2. The Bertz CT molecular complexity index is 584. The van der Waals surface area contributed by atoms with Crippen LogP contribution in [-0.4, -0.2) is 14.5 Å². The van der Waals surface area contributed by atoms with Crippen LogP contribution in [0.4, 0.5) is 5.69 Å². The molecule has 0 aromatic heterocycles. The molecule has 1 fully saturated rings. The molecular formula is C15H24N2O2S. The van der Waals surface area contributed by atoms with Crippen LogP contribution in [0.3, 0.4) is 0 Å². The topological polar surface area (TPSA) is 72.2 Å². The first-order chi connectivity index (χ1) is 9.31. The second-order valence-electron chi connectivity index (χ2n) is 6.02. The maximum atomic E-state index is 12.6. The van der Waals surface area contributed by atoms with Crippen molar-refractivity contribution in [1.82, 2.24) is 4.72 Å². The van der Waals surface area contributed by atoms with Gasteiger partial charge in [0.15, 0.2) is 0 Å². The molecule has 20 heavy (non-hydrogen) atoms. The maximum absolute atomic E-state index is 12.6. The first-order valence-corrected chi connectivity index (χ1v) is 8.68. The van der Waals surface area contributed by atoms with E-state index in [0.29, 0.717) is 22.4 Å². The predicted molar refractivity (Wildman–Crippen MR) is 81.9 cm³/mol. The van der Waals surface area contributed by atoms with Gasteiger partial charge in [0.1, 0.15) is 0 Å². The summed E-state index contributed by atoms with van der Waals surface area (Å²) in [5.41, 5.74) is 6.91. The Kier molecular flexibility index (Phi) is 4.39. The summed E-state index contributed by atoms with van der Waals surface area (Å²) in [6, 6.07) is 5.02. The Morgan fingerprint density at radius 2 is 1.95 bits per heavy atom. The largest absolute Gasteiger partial charge is 0.399 e. The highest BCUT2D eigenvalue weighted by molar-refractivity contribution is 7.89. The molecule has 0 heterocycles. The van der Waals surface area contributed by atoms with E-state index in [4.69, 9.17) is 5.73 Å². The molecule has 1 aromatic rings. The maximum Gasteiger partial charge on any atom is 0.241 e. The minimum atomic E-state index is -3.50. The van der Waals surface area contributed by atoms with Crippen LogP contribution in [0.5, 0.6) is 0 Å². The fourth-order valence-corrected chi connectivity index (χ4v) is 4.56. The molecule has 0 bridgehead atoms. The number of anilines is 1. The number of benzene rings is 1. The van der Waals surface area contributed by atoms with Crippen molar-refractivity contribution in [1.29, 1.82) is 0 Å². The Labute approximate surface area is 121 Å². The summed E-state index contributed by atoms with van der Waals surface area (Å²) in [5, 5.41) is 0. The average molecular weight is 296 g/mol. The van der Waals surface area contributed by atoms with E-state index >= 15 is 0 Å². The van der Waals surface area contributed by atoms with Gasteiger partial charge >= 0.3 is 0 Å². The van der Waals surface area contributed by atoms with Gasteiger partial charge in [0, 0.05) is 11.7 Å². The zero-order valence-corrected chi connectivity index (χ0v) is 13.2. The Balaban J connectivity index is 2.25. The van der Waals surface area contributed by atoms with Gasteiger partial charge in [0.05, 0.1) is 4.90 Å². The van der Waals surface area contributed by atoms with Crippen LogP contribution in [0.15, 0.2) is 23.1 Å². The van der Waals surface area contributed by atoms with Crippen molar-refractivity contribution < 1.29 is 8.42 Å². The van der Waals surface area contributed by atoms with Crippen LogP contribution in [-0.2, 0) is 10.0 Å². The van der Waals surface area contributed by atoms with Crippen LogP contribution in [0.2, 0.25) is 0 Å². The van der Waals surface area contributed by atoms with Gasteiger partial charge < -0.3 is 5.73 Å². The molecule has 0 radical (unpaired) electrons. The van der Waals surface area contributed by atoms with Gasteiger partial charge in [0.25, 0.3) is 0 Å². The zero-order valence-electron chi connectivity index (χ0n) is 12.4. The summed E-state index contributed by atoms with van der Waals surface area (Å²) in [5.74, 6) is 0.915. The molecule has 3 N–H and O–H groups in total. The van der Waals surface area contributed by atoms with E-state index in [1.807, 2.05) is 0 Å². The summed E-state index contributed by atoms with van der Waals surface area (Å²) in [6.45, 7) is 6.11. The normalized spacial score (nSPS) is 27.4. The lowest BCUT2D eigenvalue weighted by Crippen LogP contribution is -2.43. The van der Waals surface area contributed by atoms with E-state index in [2.05, 4.69) is 18.6 Å². The lowest BCUT2D eigenvalue weighted by Gasteiger charge is -2.34. The van der Waals surface area contributed by atoms with Gasteiger partial charge in [-0.2, -0.15) is 0 Å². The average Bonchev–Trinajstić information content (AvgIpc) is 2.37. The molecule has 3 atom stereocenters. The number of nitrogens with one attached hydrogen (secondary N) is 1. The highest BCUT2D eigenvalue weighted by Crippen LogP contribution is 2.31. The van der Waals surface area contributed by atoms with E-state index in [1.165, 1.54) is 12.5 Å². The van der Waals surface area contributed by atoms with Crippen molar-refractivity contribution in [2.45, 2.75) is 51.0 Å². The van der Waals surface area contributed by atoms with Crippen molar-refractivity contribution in [2.75, 3.05) is 5.73 Å². The van der Waals surface area contributed by atoms with Crippen molar-refractivity contribution in [3.8, 4) is 0 Å². The smallest absolute Gasteiger partial charge is 0.241 e. The molecule has 0 saturated heterocycles. The van der Waals surface area contributed by atoms with Gasteiger partial charge in [-0.15, -0.1) is 0 Å². The molecule has 5 heteroatoms. The molecule has 3 unspecified atom stereocenters. The zero-order chi connectivity index (χ0) is 14.9. The minimum absolute atomic E-state index is 0.0181. The highest BCUT2D eigenvalue weighted by atomic mass is 32.2. The lowest BCUT2D eigenvalue weighted by atomic mass is 9.78. The van der Waals surface area contributed by atoms with Crippen LogP contribution in [0.25, 0.3) is 0 Å². The van der Waals surface area contributed by atoms with Gasteiger partial charge in [-0.25, -0.2) is 13.1 Å². The fourth-order valence-electron chi connectivity index (χ4n) is 2.92. The molecular weight excluding hydrogens is 272 g/mol. The fraction of sp³-hybridized carbons (Fsp3) is 0.600. The van der Waals surface area contributed by atoms with Gasteiger partial charge in [-0.1, -0.05) is 32.8 Å². The molecule has 112 valence electrons. The van der Waals surface area contributed by atoms with Gasteiger partial charge in [-0.3, -0.25) is 0 Å². The number of nitrogens with two attached hydrogens (primary N) is 1. The van der Waals surface area contributed by atoms with Gasteiger partial charge in [-0.05, 0) is 42.9 Å². The van der Waals surface area contributed by atoms with Crippen molar-refractivity contribution in [3.63, 3.8) is 0 Å². The monoisotopic (exact) mass is 296 g/mol. The second kappa shape index (κ2) is 5.74. The predicted octanol–water partition coefficient (Wildman–Crippen LogP) is 2.68. The SMILES string of the molecule is Cc1ccc(N)cc1S(=O)(=O)NC1CCCC(C)C1C. The Hall–Kier alpha value is -1.07. The molecule has 0 aliphatic heterocycles. The van der Waals surface area contributed by atoms with Crippen LogP contribution in [0.1, 0.15) is 38.7 Å². The molecule has 1 aliphatic rings. The quantitative estimate of drug-likeness (QED) is 0.842. The first kappa shape index (κ1) is 15.3. The summed E-state index contributed by atoms with van der Waals surface area (Å²) in [4.78, 5) is 0.294. The molecule has 1 aliphatic carbocycles. The summed E-state index contributed by atoms with van der Waals surface area (Å²) >= 11 is 0. The molecule has 1 saturated carbocycles. The van der Waals surface area contributed by atoms with E-state index < -0.39 is 10.0 Å². The third-order valence-electron chi connectivity index (χ3n) is 4.52. The first-order valence-electron chi connectivity index (χ1n) is 7.19. The number of nitrogen functional groups attached to an aromatic ring is 1. The number of aryl methyl sites for hydroxylation is 1. The standard InChI is InChI=1S/C15H24N2O2S/c1-10-5-4-6-14(12(10)3)17-20(18,19)15-9-13(16)8-7-11(15)2/h7-10,12,14,17H,4-6,16H2,1-3H3. The van der Waals surface area contributed by atoms with Gasteiger partial charge in [0.2, 0.25) is 10.0 Å². The van der Waals surface area contributed by atoms with Crippen molar-refractivity contribution >= 4 is 15.7 Å². The van der Waals surface area contributed by atoms with Crippen LogP contribution < -0.4 is 10.5 Å². The number of sulfonamides is 1.